The third kappa shape index (κ3) is 9.98. The number of carbonyl (C=O) groups excluding carboxylic acids is 1. The number of halogens is 2. The van der Waals surface area contributed by atoms with Gasteiger partial charge in [-0.25, -0.2) is 18.2 Å². The van der Waals surface area contributed by atoms with Crippen LogP contribution in [0.5, 0.6) is 17.2 Å². The van der Waals surface area contributed by atoms with E-state index in [2.05, 4.69) is 21.7 Å². The molecule has 3 heterocycles. The Bertz CT molecular complexity index is 2960. The van der Waals surface area contributed by atoms with E-state index in [-0.39, 0.29) is 30.2 Å². The van der Waals surface area contributed by atoms with Crippen molar-refractivity contribution in [3.63, 3.8) is 0 Å². The number of carboxylic acid groups (broad SMARTS) is 1. The Morgan fingerprint density at radius 3 is 2.32 bits per heavy atom. The molecule has 1 aliphatic carbocycles. The molecule has 66 heavy (non-hydrogen) atoms. The molecule has 6 aromatic rings. The number of aryl methyl sites for hydroxylation is 1. The molecule has 0 radical (unpaired) electrons. The summed E-state index contributed by atoms with van der Waals surface area (Å²) in [5.41, 5.74) is 6.23. The van der Waals surface area contributed by atoms with Crippen LogP contribution in [0.2, 0.25) is 10.0 Å². The summed E-state index contributed by atoms with van der Waals surface area (Å²) in [7, 11) is -4.36. The summed E-state index contributed by atoms with van der Waals surface area (Å²) in [5.74, 6) is 0.0117. The minimum absolute atomic E-state index is 0.00110. The first-order valence-electron chi connectivity index (χ1n) is 21.3. The Kier molecular flexibility index (Phi) is 13.0. The van der Waals surface area contributed by atoms with E-state index in [0.717, 1.165) is 50.7 Å². The van der Waals surface area contributed by atoms with E-state index in [9.17, 15) is 23.1 Å². The van der Waals surface area contributed by atoms with E-state index in [0.29, 0.717) is 79.4 Å². The number of ether oxygens (including phenoxy) is 3. The Morgan fingerprint density at radius 1 is 0.939 bits per heavy atom. The molecule has 1 fully saturated rings. The predicted molar refractivity (Wildman–Crippen MR) is 251 cm³/mol. The van der Waals surface area contributed by atoms with Crippen LogP contribution >= 0.6 is 34.5 Å². The molecule has 3 aliphatic rings. The van der Waals surface area contributed by atoms with Gasteiger partial charge in [-0.15, -0.1) is 0 Å². The maximum absolute atomic E-state index is 14.8. The van der Waals surface area contributed by atoms with Gasteiger partial charge in [0.05, 0.1) is 27.4 Å². The molecule has 17 heteroatoms. The quantitative estimate of drug-likeness (QED) is 0.0894. The van der Waals surface area contributed by atoms with Crippen molar-refractivity contribution in [2.24, 2.45) is 5.92 Å². The molecular weight excluding hydrogens is 922 g/mol. The minimum atomic E-state index is -4.36. The summed E-state index contributed by atoms with van der Waals surface area (Å²) >= 11 is 13.2. The number of hydrogen-bond acceptors (Lipinski definition) is 11. The molecule has 1 amide bonds. The first-order valence-corrected chi connectivity index (χ1v) is 24.3. The number of nitrogens with zero attached hydrogens (tertiary/aromatic N) is 3. The summed E-state index contributed by atoms with van der Waals surface area (Å²) in [4.78, 5) is 31.6. The van der Waals surface area contributed by atoms with Crippen molar-refractivity contribution in [3.05, 3.63) is 152 Å². The molecule has 13 nitrogen and oxygen atoms in total. The number of aromatic nitrogens is 1. The SMILES string of the molecule is Cc1nc(NCC2CC2)sc1S(=O)(=O)N1Cc2cc3c(cc2CC1C(=O)N[C@@H](Cc1ccc(-c2ccc(C#N)cc2)cc1)C(=O)O)OC[C@H](c1ccc(OCc2ccc(Cl)c(Cl)c2)cc1)O3. The summed E-state index contributed by atoms with van der Waals surface area (Å²) < 4.78 is 49.4. The second kappa shape index (κ2) is 19.0. The van der Waals surface area contributed by atoms with Gasteiger partial charge >= 0.3 is 5.97 Å². The molecule has 2 aliphatic heterocycles. The number of rotatable bonds is 15. The fourth-order valence-electron chi connectivity index (χ4n) is 7.97. The number of hydrogen-bond donors (Lipinski definition) is 3. The third-order valence-electron chi connectivity index (χ3n) is 11.8. The monoisotopic (exact) mass is 963 g/mol. The molecule has 5 aromatic carbocycles. The van der Waals surface area contributed by atoms with Crippen LogP contribution in [0.3, 0.4) is 0 Å². The number of fused-ring (bicyclic) bond motifs is 2. The smallest absolute Gasteiger partial charge is 0.326 e. The van der Waals surface area contributed by atoms with Gasteiger partial charge in [-0.05, 0) is 120 Å². The zero-order chi connectivity index (χ0) is 46.1. The van der Waals surface area contributed by atoms with Crippen LogP contribution in [0, 0.1) is 24.2 Å². The highest BCUT2D eigenvalue weighted by Gasteiger charge is 2.43. The van der Waals surface area contributed by atoms with E-state index in [4.69, 9.17) is 42.7 Å². The van der Waals surface area contributed by atoms with Crippen LogP contribution in [-0.2, 0) is 45.6 Å². The number of carbonyl (C=O) groups is 2. The van der Waals surface area contributed by atoms with Crippen molar-refractivity contribution >= 4 is 61.6 Å². The van der Waals surface area contributed by atoms with E-state index in [1.807, 2.05) is 54.6 Å². The number of sulfonamides is 1. The van der Waals surface area contributed by atoms with Crippen LogP contribution in [0.25, 0.3) is 11.1 Å². The largest absolute Gasteiger partial charge is 0.489 e. The lowest BCUT2D eigenvalue weighted by Crippen LogP contribution is -2.55. The Hall–Kier alpha value is -6.15. The number of anilines is 1. The highest BCUT2D eigenvalue weighted by atomic mass is 35.5. The molecule has 338 valence electrons. The van der Waals surface area contributed by atoms with Gasteiger partial charge in [-0.1, -0.05) is 89.1 Å². The van der Waals surface area contributed by atoms with Crippen molar-refractivity contribution in [2.75, 3.05) is 18.5 Å². The van der Waals surface area contributed by atoms with Crippen LogP contribution in [0.1, 0.15) is 58.0 Å². The second-order valence-corrected chi connectivity index (χ2v) is 20.5. The molecule has 1 unspecified atom stereocenters. The summed E-state index contributed by atoms with van der Waals surface area (Å²) in [5, 5.41) is 26.8. The first-order chi connectivity index (χ1) is 31.8. The van der Waals surface area contributed by atoms with Crippen molar-refractivity contribution in [1.82, 2.24) is 14.6 Å². The number of benzene rings is 5. The zero-order valence-corrected chi connectivity index (χ0v) is 38.6. The highest BCUT2D eigenvalue weighted by molar-refractivity contribution is 7.91. The van der Waals surface area contributed by atoms with Crippen molar-refractivity contribution in [2.45, 2.75) is 68.2 Å². The predicted octanol–water partition coefficient (Wildman–Crippen LogP) is 9.14. The van der Waals surface area contributed by atoms with E-state index >= 15 is 0 Å². The van der Waals surface area contributed by atoms with Gasteiger partial charge in [-0.3, -0.25) is 4.79 Å². The maximum atomic E-state index is 14.8. The molecule has 1 saturated carbocycles. The van der Waals surface area contributed by atoms with Gasteiger partial charge in [0.2, 0.25) is 5.91 Å². The standard InChI is InChI=1S/C49H43Cl2N5O8S2/c1-28-48(65-49(54-28)53-24-31-2-3-31)66(60,61)56-25-37-22-44-43(63-27-45(64-44)35-13-15-38(16-14-35)62-26-32-8-17-39(50)40(51)18-32)21-36(37)20-42(56)46(57)55-41(47(58)59)19-29-4-9-33(10-5-29)34-11-6-30(23-52)7-12-34/h4-18,21-22,31,41-42,45H,2-3,19-20,24-27H2,1H3,(H,53,54)(H,55,57)(H,58,59)/t41-,42?,45+/m0/s1. The van der Waals surface area contributed by atoms with E-state index in [1.165, 1.54) is 0 Å². The average Bonchev–Trinajstić information content (AvgIpc) is 4.08. The van der Waals surface area contributed by atoms with Gasteiger partial charge in [0.25, 0.3) is 10.0 Å². The van der Waals surface area contributed by atoms with E-state index < -0.39 is 40.1 Å². The second-order valence-electron chi connectivity index (χ2n) is 16.6. The molecule has 3 atom stereocenters. The number of thiazole rings is 1. The number of carboxylic acids is 1. The van der Waals surface area contributed by atoms with Crippen molar-refractivity contribution < 1.29 is 37.3 Å². The van der Waals surface area contributed by atoms with Crippen LogP contribution < -0.4 is 24.8 Å². The Balaban J connectivity index is 0.945. The average molecular weight is 965 g/mol. The Labute approximate surface area is 395 Å². The van der Waals surface area contributed by atoms with Crippen LogP contribution in [-0.4, -0.2) is 59.9 Å². The van der Waals surface area contributed by atoms with Crippen molar-refractivity contribution in [3.8, 4) is 34.4 Å². The summed E-state index contributed by atoms with van der Waals surface area (Å²) in [6, 6.07) is 30.1. The molecule has 0 bridgehead atoms. The summed E-state index contributed by atoms with van der Waals surface area (Å²) in [6.45, 7) is 2.61. The molecule has 1 aromatic heterocycles. The molecule has 3 N–H and O–H groups in total. The number of aliphatic carboxylic acids is 1. The number of amides is 1. The van der Waals surface area contributed by atoms with Crippen molar-refractivity contribution in [1.29, 1.82) is 5.26 Å². The normalized spacial score (nSPS) is 17.2. The lowest BCUT2D eigenvalue weighted by atomic mass is 9.94. The summed E-state index contributed by atoms with van der Waals surface area (Å²) in [6.07, 6.45) is 1.62. The fourth-order valence-corrected chi connectivity index (χ4v) is 11.4. The van der Waals surface area contributed by atoms with Crippen LogP contribution in [0.4, 0.5) is 5.13 Å². The lowest BCUT2D eigenvalue weighted by molar-refractivity contribution is -0.142. The van der Waals surface area contributed by atoms with Crippen LogP contribution in [0.15, 0.2) is 107 Å². The van der Waals surface area contributed by atoms with Gasteiger partial charge in [-0.2, -0.15) is 9.57 Å². The molecule has 0 saturated heterocycles. The zero-order valence-electron chi connectivity index (χ0n) is 35.5. The van der Waals surface area contributed by atoms with Gasteiger partial charge < -0.3 is 30.0 Å². The van der Waals surface area contributed by atoms with Gasteiger partial charge in [0, 0.05) is 19.5 Å². The maximum Gasteiger partial charge on any atom is 0.326 e. The first kappa shape index (κ1) is 45.0. The third-order valence-corrected chi connectivity index (χ3v) is 16.1. The number of nitrogens with one attached hydrogen (secondary N) is 2. The highest BCUT2D eigenvalue weighted by Crippen LogP contribution is 2.43. The number of nitriles is 1. The molecule has 9 rings (SSSR count). The molecular formula is C49H43Cl2N5O8S2. The Morgan fingerprint density at radius 2 is 1.64 bits per heavy atom. The minimum Gasteiger partial charge on any atom is -0.489 e. The fraction of sp³-hybridized carbons (Fsp3) is 0.265. The van der Waals surface area contributed by atoms with Gasteiger partial charge in [0.15, 0.2) is 26.9 Å². The molecule has 0 spiro atoms. The topological polar surface area (TPSA) is 180 Å². The lowest BCUT2D eigenvalue weighted by Gasteiger charge is -2.36. The van der Waals surface area contributed by atoms with Gasteiger partial charge in [0.1, 0.15) is 31.0 Å². The van der Waals surface area contributed by atoms with E-state index in [1.54, 1.807) is 55.5 Å².